The van der Waals surface area contributed by atoms with E-state index in [4.69, 9.17) is 14.2 Å². The molecule has 0 aromatic heterocycles. The second kappa shape index (κ2) is 11.0. The van der Waals surface area contributed by atoms with Gasteiger partial charge in [0.05, 0.1) is 13.2 Å². The Kier molecular flexibility index (Phi) is 9.54. The third-order valence-electron chi connectivity index (χ3n) is 3.20. The first-order chi connectivity index (χ1) is 9.77. The zero-order valence-corrected chi connectivity index (χ0v) is 12.8. The maximum atomic E-state index is 11.6. The van der Waals surface area contributed by atoms with Crippen LogP contribution < -0.4 is 0 Å². The average molecular weight is 284 g/mol. The Morgan fingerprint density at radius 1 is 1.10 bits per heavy atom. The van der Waals surface area contributed by atoms with Gasteiger partial charge in [-0.1, -0.05) is 39.5 Å². The summed E-state index contributed by atoms with van der Waals surface area (Å²) in [6, 6.07) is 0. The molecule has 0 N–H and O–H groups in total. The van der Waals surface area contributed by atoms with Crippen LogP contribution in [0.5, 0.6) is 0 Å². The van der Waals surface area contributed by atoms with E-state index in [0.29, 0.717) is 13.2 Å². The molecule has 0 saturated carbocycles. The monoisotopic (exact) mass is 284 g/mol. The van der Waals surface area contributed by atoms with E-state index in [9.17, 15) is 4.79 Å². The molecule has 0 amide bonds. The minimum atomic E-state index is -0.749. The van der Waals surface area contributed by atoms with Gasteiger partial charge in [-0.25, -0.2) is 0 Å². The highest BCUT2D eigenvalue weighted by molar-refractivity contribution is 5.93. The molecular formula is C16H28O4. The van der Waals surface area contributed by atoms with Gasteiger partial charge < -0.3 is 14.2 Å². The number of hydrogen-bond acceptors (Lipinski definition) is 4. The van der Waals surface area contributed by atoms with E-state index in [-0.39, 0.29) is 11.9 Å². The largest absolute Gasteiger partial charge is 0.378 e. The molecule has 0 radical (unpaired) electrons. The number of carbonyl (C=O) groups excluding carboxylic acids is 1. The van der Waals surface area contributed by atoms with Gasteiger partial charge >= 0.3 is 0 Å². The molecule has 0 fully saturated rings. The maximum Gasteiger partial charge on any atom is 0.222 e. The standard InChI is InChI=1S/C16H28O4/c1-3-5-7-11-18-13-14-9-10-15(17)16(20-14)19-12-8-6-4-2/h9-10,14,16H,3-8,11-13H2,1-2H3/t14-,16-/m0/s1. The minimum Gasteiger partial charge on any atom is -0.378 e. The van der Waals surface area contributed by atoms with Crippen LogP contribution in [0.3, 0.4) is 0 Å². The summed E-state index contributed by atoms with van der Waals surface area (Å²) >= 11 is 0. The highest BCUT2D eigenvalue weighted by atomic mass is 16.7. The Balaban J connectivity index is 2.19. The highest BCUT2D eigenvalue weighted by Gasteiger charge is 2.25. The smallest absolute Gasteiger partial charge is 0.222 e. The molecule has 1 aliphatic heterocycles. The Morgan fingerprint density at radius 2 is 1.80 bits per heavy atom. The molecule has 4 nitrogen and oxygen atoms in total. The molecule has 2 atom stereocenters. The summed E-state index contributed by atoms with van der Waals surface area (Å²) in [4.78, 5) is 11.6. The van der Waals surface area contributed by atoms with Crippen LogP contribution in [0.25, 0.3) is 0 Å². The van der Waals surface area contributed by atoms with Crippen molar-refractivity contribution in [2.24, 2.45) is 0 Å². The van der Waals surface area contributed by atoms with Crippen molar-refractivity contribution < 1.29 is 19.0 Å². The van der Waals surface area contributed by atoms with Crippen LogP contribution in [0, 0.1) is 0 Å². The van der Waals surface area contributed by atoms with E-state index in [1.165, 1.54) is 12.8 Å². The predicted octanol–water partition coefficient (Wildman–Crippen LogP) is 3.25. The highest BCUT2D eigenvalue weighted by Crippen LogP contribution is 2.12. The van der Waals surface area contributed by atoms with Gasteiger partial charge in [0.25, 0.3) is 0 Å². The third kappa shape index (κ3) is 7.17. The molecule has 0 aromatic carbocycles. The number of rotatable bonds is 11. The number of hydrogen-bond donors (Lipinski definition) is 0. The Hall–Kier alpha value is -0.710. The summed E-state index contributed by atoms with van der Waals surface area (Å²) in [6.07, 6.45) is 9.04. The molecular weight excluding hydrogens is 256 g/mol. The zero-order valence-electron chi connectivity index (χ0n) is 12.8. The van der Waals surface area contributed by atoms with Gasteiger partial charge in [0, 0.05) is 6.61 Å². The summed E-state index contributed by atoms with van der Waals surface area (Å²) in [5.74, 6) is -0.108. The first-order valence-electron chi connectivity index (χ1n) is 7.84. The molecule has 1 rings (SSSR count). The van der Waals surface area contributed by atoms with Gasteiger partial charge in [0.15, 0.2) is 0 Å². The van der Waals surface area contributed by atoms with E-state index in [1.807, 2.05) is 0 Å². The van der Waals surface area contributed by atoms with Crippen LogP contribution in [0.4, 0.5) is 0 Å². The Labute approximate surface area is 122 Å². The summed E-state index contributed by atoms with van der Waals surface area (Å²) in [7, 11) is 0. The van der Waals surface area contributed by atoms with Gasteiger partial charge in [-0.15, -0.1) is 0 Å². The molecule has 1 heterocycles. The lowest BCUT2D eigenvalue weighted by Gasteiger charge is -2.24. The van der Waals surface area contributed by atoms with Crippen LogP contribution in [-0.2, 0) is 19.0 Å². The van der Waals surface area contributed by atoms with E-state index in [2.05, 4.69) is 13.8 Å². The van der Waals surface area contributed by atoms with Crippen LogP contribution >= 0.6 is 0 Å². The molecule has 0 unspecified atom stereocenters. The molecule has 0 spiro atoms. The van der Waals surface area contributed by atoms with Gasteiger partial charge in [-0.2, -0.15) is 0 Å². The average Bonchev–Trinajstić information content (AvgIpc) is 2.46. The van der Waals surface area contributed by atoms with Gasteiger partial charge in [-0.05, 0) is 25.0 Å². The molecule has 0 saturated heterocycles. The molecule has 1 aliphatic rings. The van der Waals surface area contributed by atoms with Crippen molar-refractivity contribution in [3.8, 4) is 0 Å². The molecule has 0 aliphatic carbocycles. The number of unbranched alkanes of at least 4 members (excludes halogenated alkanes) is 4. The van der Waals surface area contributed by atoms with Crippen molar-refractivity contribution in [1.29, 1.82) is 0 Å². The summed E-state index contributed by atoms with van der Waals surface area (Å²) in [5.41, 5.74) is 0. The summed E-state index contributed by atoms with van der Waals surface area (Å²) < 4.78 is 16.7. The van der Waals surface area contributed by atoms with Crippen molar-refractivity contribution in [3.63, 3.8) is 0 Å². The first kappa shape index (κ1) is 17.3. The van der Waals surface area contributed by atoms with Gasteiger partial charge in [-0.3, -0.25) is 4.79 Å². The summed E-state index contributed by atoms with van der Waals surface area (Å²) in [6.45, 7) is 6.11. The van der Waals surface area contributed by atoms with Crippen molar-refractivity contribution in [2.75, 3.05) is 19.8 Å². The number of ketones is 1. The Bertz CT molecular complexity index is 288. The second-order valence-electron chi connectivity index (χ2n) is 5.13. The zero-order chi connectivity index (χ0) is 14.6. The topological polar surface area (TPSA) is 44.8 Å². The molecule has 0 aromatic rings. The SMILES string of the molecule is CCCCCOC[C@@H]1C=CC(=O)[C@@H](OCCCCC)O1. The lowest BCUT2D eigenvalue weighted by atomic mass is 10.2. The van der Waals surface area contributed by atoms with Gasteiger partial charge in [0.2, 0.25) is 12.1 Å². The van der Waals surface area contributed by atoms with E-state index < -0.39 is 6.29 Å². The fourth-order valence-electron chi connectivity index (χ4n) is 1.96. The third-order valence-corrected chi connectivity index (χ3v) is 3.20. The fraction of sp³-hybridized carbons (Fsp3) is 0.812. The predicted molar refractivity (Wildman–Crippen MR) is 78.6 cm³/mol. The maximum absolute atomic E-state index is 11.6. The van der Waals surface area contributed by atoms with Gasteiger partial charge in [0.1, 0.15) is 6.10 Å². The fourth-order valence-corrected chi connectivity index (χ4v) is 1.96. The first-order valence-corrected chi connectivity index (χ1v) is 7.84. The van der Waals surface area contributed by atoms with Crippen molar-refractivity contribution >= 4 is 5.78 Å². The van der Waals surface area contributed by atoms with E-state index >= 15 is 0 Å². The lowest BCUT2D eigenvalue weighted by molar-refractivity contribution is -0.183. The van der Waals surface area contributed by atoms with Crippen LogP contribution in [0.2, 0.25) is 0 Å². The molecule has 116 valence electrons. The van der Waals surface area contributed by atoms with Crippen molar-refractivity contribution in [2.45, 2.75) is 64.8 Å². The van der Waals surface area contributed by atoms with Crippen LogP contribution in [-0.4, -0.2) is 38.0 Å². The summed E-state index contributed by atoms with van der Waals surface area (Å²) in [5, 5.41) is 0. The molecule has 4 heteroatoms. The van der Waals surface area contributed by atoms with Crippen LogP contribution in [0.15, 0.2) is 12.2 Å². The number of ether oxygens (including phenoxy) is 3. The molecule has 0 bridgehead atoms. The van der Waals surface area contributed by atoms with E-state index in [1.54, 1.807) is 12.2 Å². The number of carbonyl (C=O) groups is 1. The van der Waals surface area contributed by atoms with E-state index in [0.717, 1.165) is 32.3 Å². The normalized spacial score (nSPS) is 22.4. The second-order valence-corrected chi connectivity index (χ2v) is 5.13. The quantitative estimate of drug-likeness (QED) is 0.546. The lowest BCUT2D eigenvalue weighted by Crippen LogP contribution is -2.36. The minimum absolute atomic E-state index is 0.108. The van der Waals surface area contributed by atoms with Crippen LogP contribution in [0.1, 0.15) is 52.4 Å². The van der Waals surface area contributed by atoms with Crippen molar-refractivity contribution in [3.05, 3.63) is 12.2 Å². The Morgan fingerprint density at radius 3 is 2.50 bits per heavy atom. The van der Waals surface area contributed by atoms with Crippen molar-refractivity contribution in [1.82, 2.24) is 0 Å². The molecule has 20 heavy (non-hydrogen) atoms.